The molecule has 100 valence electrons. The smallest absolute Gasteiger partial charge is 0.201 e. The van der Waals surface area contributed by atoms with E-state index < -0.39 is 5.54 Å². The Labute approximate surface area is 115 Å². The molecule has 0 atom stereocenters. The lowest BCUT2D eigenvalue weighted by Gasteiger charge is -2.31. The van der Waals surface area contributed by atoms with Gasteiger partial charge < -0.3 is 10.5 Å². The summed E-state index contributed by atoms with van der Waals surface area (Å²) in [6.45, 7) is 3.86. The molecular weight excluding hydrogens is 298 g/mol. The highest BCUT2D eigenvalue weighted by atomic mass is 79.9. The van der Waals surface area contributed by atoms with Crippen molar-refractivity contribution >= 4 is 21.7 Å². The molecule has 5 nitrogen and oxygen atoms in total. The van der Waals surface area contributed by atoms with E-state index >= 15 is 0 Å². The Morgan fingerprint density at radius 2 is 2.28 bits per heavy atom. The van der Waals surface area contributed by atoms with Gasteiger partial charge in [-0.2, -0.15) is 5.10 Å². The molecule has 0 radical (unpaired) electrons. The predicted octanol–water partition coefficient (Wildman–Crippen LogP) is 1.75. The number of Topliss-reactive ketones (excluding diaryl/α,β-unsaturated/α-hetero) is 1. The molecular formula is C12H18BrN3O2. The Balaban J connectivity index is 2.29. The Morgan fingerprint density at radius 1 is 1.61 bits per heavy atom. The third-order valence-corrected chi connectivity index (χ3v) is 3.86. The molecule has 0 spiro atoms. The van der Waals surface area contributed by atoms with Crippen molar-refractivity contribution < 1.29 is 9.53 Å². The van der Waals surface area contributed by atoms with Crippen molar-refractivity contribution in [3.63, 3.8) is 0 Å². The fourth-order valence-electron chi connectivity index (χ4n) is 2.17. The molecule has 18 heavy (non-hydrogen) atoms. The van der Waals surface area contributed by atoms with Crippen molar-refractivity contribution in [3.05, 3.63) is 16.4 Å². The van der Waals surface area contributed by atoms with Crippen LogP contribution in [0.2, 0.25) is 0 Å². The lowest BCUT2D eigenvalue weighted by molar-refractivity contribution is 0.0440. The summed E-state index contributed by atoms with van der Waals surface area (Å²) in [6, 6.07) is 0. The molecule has 2 heterocycles. The highest BCUT2D eigenvalue weighted by molar-refractivity contribution is 9.10. The summed E-state index contributed by atoms with van der Waals surface area (Å²) in [6.07, 6.45) is 3.71. The second-order valence-corrected chi connectivity index (χ2v) is 5.52. The Hall–Kier alpha value is -0.720. The van der Waals surface area contributed by atoms with Gasteiger partial charge in [0, 0.05) is 19.8 Å². The zero-order chi connectivity index (χ0) is 13.2. The maximum atomic E-state index is 12.6. The fourth-order valence-corrected chi connectivity index (χ4v) is 2.64. The average Bonchev–Trinajstić information content (AvgIpc) is 2.71. The molecule has 1 aromatic heterocycles. The largest absolute Gasteiger partial charge is 0.381 e. The zero-order valence-electron chi connectivity index (χ0n) is 10.5. The number of hydrogen-bond donors (Lipinski definition) is 1. The number of aryl methyl sites for hydroxylation is 1. The summed E-state index contributed by atoms with van der Waals surface area (Å²) in [7, 11) is 0. The van der Waals surface area contributed by atoms with Gasteiger partial charge in [-0.1, -0.05) is 6.92 Å². The molecule has 0 amide bonds. The van der Waals surface area contributed by atoms with E-state index in [0.29, 0.717) is 31.7 Å². The Kier molecular flexibility index (Phi) is 4.19. The number of hydrogen-bond acceptors (Lipinski definition) is 4. The van der Waals surface area contributed by atoms with E-state index in [1.165, 1.54) is 0 Å². The van der Waals surface area contributed by atoms with Gasteiger partial charge in [-0.3, -0.25) is 9.48 Å². The number of carbonyl (C=O) groups excluding carboxylic acids is 1. The van der Waals surface area contributed by atoms with Crippen LogP contribution >= 0.6 is 15.9 Å². The van der Waals surface area contributed by atoms with Gasteiger partial charge in [-0.05, 0) is 35.2 Å². The first-order valence-corrected chi connectivity index (χ1v) is 7.00. The molecule has 1 aliphatic rings. The van der Waals surface area contributed by atoms with Gasteiger partial charge in [0.2, 0.25) is 5.78 Å². The van der Waals surface area contributed by atoms with Crippen LogP contribution in [0, 0.1) is 0 Å². The van der Waals surface area contributed by atoms with Crippen LogP contribution in [0.3, 0.4) is 0 Å². The van der Waals surface area contributed by atoms with Crippen molar-refractivity contribution in [2.45, 2.75) is 38.3 Å². The summed E-state index contributed by atoms with van der Waals surface area (Å²) in [5.41, 5.74) is 6.01. The topological polar surface area (TPSA) is 70.1 Å². The summed E-state index contributed by atoms with van der Waals surface area (Å²) in [5, 5.41) is 4.21. The minimum absolute atomic E-state index is 0.0383. The molecule has 2 rings (SSSR count). The average molecular weight is 316 g/mol. The molecule has 2 N–H and O–H groups in total. The summed E-state index contributed by atoms with van der Waals surface area (Å²) >= 11 is 3.39. The van der Waals surface area contributed by atoms with Crippen LogP contribution in [0.1, 0.15) is 36.7 Å². The first kappa shape index (κ1) is 13.7. The lowest BCUT2D eigenvalue weighted by atomic mass is 9.85. The van der Waals surface area contributed by atoms with E-state index in [0.717, 1.165) is 17.4 Å². The molecule has 6 heteroatoms. The predicted molar refractivity (Wildman–Crippen MR) is 71.5 cm³/mol. The summed E-state index contributed by atoms with van der Waals surface area (Å²) < 4.78 is 7.73. The lowest BCUT2D eigenvalue weighted by Crippen LogP contribution is -2.52. The van der Waals surface area contributed by atoms with Crippen LogP contribution in [0.4, 0.5) is 0 Å². The van der Waals surface area contributed by atoms with Crippen molar-refractivity contribution in [1.29, 1.82) is 0 Å². The van der Waals surface area contributed by atoms with Gasteiger partial charge in [0.1, 0.15) is 5.69 Å². The number of aromatic nitrogens is 2. The van der Waals surface area contributed by atoms with Crippen molar-refractivity contribution in [1.82, 2.24) is 9.78 Å². The molecule has 0 bridgehead atoms. The first-order valence-electron chi connectivity index (χ1n) is 6.21. The molecule has 0 unspecified atom stereocenters. The quantitative estimate of drug-likeness (QED) is 0.859. The van der Waals surface area contributed by atoms with E-state index in [1.807, 2.05) is 0 Å². The second-order valence-electron chi connectivity index (χ2n) is 4.66. The second kappa shape index (κ2) is 5.50. The SMILES string of the molecule is CCCn1ncc(Br)c1C(=O)C1(N)CCOCC1. The monoisotopic (exact) mass is 315 g/mol. The van der Waals surface area contributed by atoms with Gasteiger partial charge in [0.05, 0.1) is 16.2 Å². The number of nitrogens with two attached hydrogens (primary N) is 1. The van der Waals surface area contributed by atoms with E-state index in [1.54, 1.807) is 10.9 Å². The number of halogens is 1. The third kappa shape index (κ3) is 2.50. The molecule has 1 aromatic rings. The van der Waals surface area contributed by atoms with E-state index in [-0.39, 0.29) is 5.78 Å². The van der Waals surface area contributed by atoms with E-state index in [2.05, 4.69) is 28.0 Å². The molecule has 1 fully saturated rings. The fraction of sp³-hybridized carbons (Fsp3) is 0.667. The molecule has 0 aliphatic carbocycles. The minimum Gasteiger partial charge on any atom is -0.381 e. The molecule has 0 aromatic carbocycles. The normalized spacial score (nSPS) is 18.8. The number of ketones is 1. The van der Waals surface area contributed by atoms with Gasteiger partial charge in [0.25, 0.3) is 0 Å². The van der Waals surface area contributed by atoms with Crippen LogP contribution in [-0.2, 0) is 11.3 Å². The number of rotatable bonds is 4. The Morgan fingerprint density at radius 3 is 2.89 bits per heavy atom. The van der Waals surface area contributed by atoms with Gasteiger partial charge >= 0.3 is 0 Å². The van der Waals surface area contributed by atoms with Gasteiger partial charge in [-0.25, -0.2) is 0 Å². The van der Waals surface area contributed by atoms with Crippen molar-refractivity contribution in [2.75, 3.05) is 13.2 Å². The summed E-state index contributed by atoms with van der Waals surface area (Å²) in [5.74, 6) is -0.0383. The van der Waals surface area contributed by atoms with Crippen LogP contribution in [0.25, 0.3) is 0 Å². The number of carbonyl (C=O) groups is 1. The highest BCUT2D eigenvalue weighted by Crippen LogP contribution is 2.27. The third-order valence-electron chi connectivity index (χ3n) is 3.28. The summed E-state index contributed by atoms with van der Waals surface area (Å²) in [4.78, 5) is 12.6. The van der Waals surface area contributed by atoms with E-state index in [4.69, 9.17) is 10.5 Å². The van der Waals surface area contributed by atoms with Gasteiger partial charge in [-0.15, -0.1) is 0 Å². The van der Waals surface area contributed by atoms with Crippen LogP contribution in [0.15, 0.2) is 10.7 Å². The van der Waals surface area contributed by atoms with E-state index in [9.17, 15) is 4.79 Å². The zero-order valence-corrected chi connectivity index (χ0v) is 12.1. The Bertz CT molecular complexity index is 439. The number of ether oxygens (including phenoxy) is 1. The van der Waals surface area contributed by atoms with Crippen LogP contribution < -0.4 is 5.73 Å². The minimum atomic E-state index is -0.813. The standard InChI is InChI=1S/C12H18BrN3O2/c1-2-5-16-10(9(13)8-15-16)11(17)12(14)3-6-18-7-4-12/h8H,2-7,14H2,1H3. The maximum absolute atomic E-state index is 12.6. The molecule has 0 saturated carbocycles. The van der Waals surface area contributed by atoms with Crippen LogP contribution in [0.5, 0.6) is 0 Å². The highest BCUT2D eigenvalue weighted by Gasteiger charge is 2.39. The van der Waals surface area contributed by atoms with Crippen LogP contribution in [-0.4, -0.2) is 34.3 Å². The van der Waals surface area contributed by atoms with Crippen molar-refractivity contribution in [3.8, 4) is 0 Å². The van der Waals surface area contributed by atoms with Gasteiger partial charge in [0.15, 0.2) is 0 Å². The first-order chi connectivity index (χ1) is 8.58. The number of nitrogens with zero attached hydrogens (tertiary/aromatic N) is 2. The molecule has 1 saturated heterocycles. The molecule has 1 aliphatic heterocycles. The maximum Gasteiger partial charge on any atom is 0.201 e. The van der Waals surface area contributed by atoms with Crippen molar-refractivity contribution in [2.24, 2.45) is 5.73 Å².